The van der Waals surface area contributed by atoms with Gasteiger partial charge in [0.2, 0.25) is 10.0 Å². The summed E-state index contributed by atoms with van der Waals surface area (Å²) in [6, 6.07) is 0. The molecule has 0 unspecified atom stereocenters. The molecule has 16 heavy (non-hydrogen) atoms. The minimum atomic E-state index is -3.08. The highest BCUT2D eigenvalue weighted by Crippen LogP contribution is 2.21. The summed E-state index contributed by atoms with van der Waals surface area (Å²) in [5.41, 5.74) is 0. The fraction of sp³-hybridized carbons (Fsp3) is 1.00. The van der Waals surface area contributed by atoms with Crippen LogP contribution in [0.5, 0.6) is 0 Å². The summed E-state index contributed by atoms with van der Waals surface area (Å²) in [5, 5.41) is -0.179. The first kappa shape index (κ1) is 12.3. The lowest BCUT2D eigenvalue weighted by Crippen LogP contribution is -2.48. The molecule has 0 spiro atoms. The summed E-state index contributed by atoms with van der Waals surface area (Å²) in [4.78, 5) is 2.19. The third-order valence-corrected chi connectivity index (χ3v) is 5.82. The van der Waals surface area contributed by atoms with Gasteiger partial charge in [-0.2, -0.15) is 4.31 Å². The molecule has 2 aliphatic rings. The maximum Gasteiger partial charge on any atom is 0.217 e. The molecule has 6 heteroatoms. The van der Waals surface area contributed by atoms with Crippen molar-refractivity contribution >= 4 is 10.0 Å². The Morgan fingerprint density at radius 3 is 2.19 bits per heavy atom. The number of sulfonamides is 1. The predicted molar refractivity (Wildman–Crippen MR) is 61.8 cm³/mol. The van der Waals surface area contributed by atoms with Crippen LogP contribution in [0.4, 0.5) is 0 Å². The summed E-state index contributed by atoms with van der Waals surface area (Å²) in [7, 11) is -1.04. The van der Waals surface area contributed by atoms with E-state index in [0.717, 1.165) is 25.9 Å². The van der Waals surface area contributed by atoms with Crippen molar-refractivity contribution < 1.29 is 13.2 Å². The lowest BCUT2D eigenvalue weighted by atomic mass is 10.1. The number of piperidine rings is 1. The molecule has 0 bridgehead atoms. The normalized spacial score (nSPS) is 27.1. The Morgan fingerprint density at radius 1 is 1.06 bits per heavy atom. The van der Waals surface area contributed by atoms with Crippen LogP contribution < -0.4 is 0 Å². The molecule has 0 radical (unpaired) electrons. The summed E-state index contributed by atoms with van der Waals surface area (Å²) in [5.74, 6) is 0. The Kier molecular flexibility index (Phi) is 3.84. The third kappa shape index (κ3) is 2.56. The SMILES string of the molecule is CN1CCC(S(=O)(=O)N2CCOCC2)CC1. The summed E-state index contributed by atoms with van der Waals surface area (Å²) < 4.78 is 31.4. The molecule has 0 aromatic heterocycles. The first-order chi connectivity index (χ1) is 7.60. The van der Waals surface area contributed by atoms with Crippen molar-refractivity contribution in [2.24, 2.45) is 0 Å². The Morgan fingerprint density at radius 2 is 1.62 bits per heavy atom. The third-order valence-electron chi connectivity index (χ3n) is 3.42. The van der Waals surface area contributed by atoms with E-state index in [2.05, 4.69) is 4.90 Å². The van der Waals surface area contributed by atoms with Crippen molar-refractivity contribution in [3.8, 4) is 0 Å². The van der Waals surface area contributed by atoms with Gasteiger partial charge in [0.25, 0.3) is 0 Å². The van der Waals surface area contributed by atoms with Gasteiger partial charge in [-0.25, -0.2) is 8.42 Å². The number of hydrogen-bond donors (Lipinski definition) is 0. The molecule has 2 saturated heterocycles. The minimum Gasteiger partial charge on any atom is -0.379 e. The molecule has 2 aliphatic heterocycles. The lowest BCUT2D eigenvalue weighted by molar-refractivity contribution is 0.0721. The minimum absolute atomic E-state index is 0.179. The molecule has 0 aromatic carbocycles. The Hall–Kier alpha value is -0.170. The molecule has 2 rings (SSSR count). The van der Waals surface area contributed by atoms with Crippen LogP contribution in [0.2, 0.25) is 0 Å². The second kappa shape index (κ2) is 5.00. The van der Waals surface area contributed by atoms with Crippen LogP contribution in [0.15, 0.2) is 0 Å². The maximum absolute atomic E-state index is 12.3. The van der Waals surface area contributed by atoms with Crippen LogP contribution in [0.1, 0.15) is 12.8 Å². The fourth-order valence-corrected chi connectivity index (χ4v) is 4.18. The monoisotopic (exact) mass is 248 g/mol. The molecule has 94 valence electrons. The smallest absolute Gasteiger partial charge is 0.217 e. The van der Waals surface area contributed by atoms with Crippen LogP contribution in [0.25, 0.3) is 0 Å². The van der Waals surface area contributed by atoms with E-state index in [0.29, 0.717) is 26.3 Å². The van der Waals surface area contributed by atoms with Crippen LogP contribution in [-0.2, 0) is 14.8 Å². The van der Waals surface area contributed by atoms with E-state index in [9.17, 15) is 8.42 Å². The highest BCUT2D eigenvalue weighted by molar-refractivity contribution is 7.89. The fourth-order valence-electron chi connectivity index (χ4n) is 2.29. The van der Waals surface area contributed by atoms with Gasteiger partial charge in [0.1, 0.15) is 0 Å². The van der Waals surface area contributed by atoms with E-state index >= 15 is 0 Å². The van der Waals surface area contributed by atoms with Gasteiger partial charge in [0.15, 0.2) is 0 Å². The van der Waals surface area contributed by atoms with Gasteiger partial charge in [-0.05, 0) is 33.0 Å². The van der Waals surface area contributed by atoms with E-state index in [1.165, 1.54) is 0 Å². The highest BCUT2D eigenvalue weighted by atomic mass is 32.2. The zero-order chi connectivity index (χ0) is 11.6. The predicted octanol–water partition coefficient (Wildman–Crippen LogP) is -0.257. The summed E-state index contributed by atoms with van der Waals surface area (Å²) >= 11 is 0. The molecule has 2 heterocycles. The van der Waals surface area contributed by atoms with Crippen LogP contribution >= 0.6 is 0 Å². The second-order valence-electron chi connectivity index (χ2n) is 4.56. The van der Waals surface area contributed by atoms with E-state index in [-0.39, 0.29) is 5.25 Å². The van der Waals surface area contributed by atoms with Gasteiger partial charge in [-0.15, -0.1) is 0 Å². The van der Waals surface area contributed by atoms with Gasteiger partial charge in [-0.3, -0.25) is 0 Å². The first-order valence-corrected chi connectivity index (χ1v) is 7.36. The van der Waals surface area contributed by atoms with Gasteiger partial charge < -0.3 is 9.64 Å². The standard InChI is InChI=1S/C10H20N2O3S/c1-11-4-2-10(3-5-11)16(13,14)12-6-8-15-9-7-12/h10H,2-9H2,1H3. The first-order valence-electron chi connectivity index (χ1n) is 5.86. The molecule has 5 nitrogen and oxygen atoms in total. The van der Waals surface area contributed by atoms with Gasteiger partial charge in [0, 0.05) is 13.1 Å². The lowest BCUT2D eigenvalue weighted by Gasteiger charge is -2.34. The topological polar surface area (TPSA) is 49.9 Å². The van der Waals surface area contributed by atoms with Crippen molar-refractivity contribution in [2.45, 2.75) is 18.1 Å². The second-order valence-corrected chi connectivity index (χ2v) is 6.77. The zero-order valence-corrected chi connectivity index (χ0v) is 10.6. The Bertz CT molecular complexity index is 317. The molecule has 0 aromatic rings. The molecule has 0 saturated carbocycles. The van der Waals surface area contributed by atoms with Crippen molar-refractivity contribution in [3.63, 3.8) is 0 Å². The van der Waals surface area contributed by atoms with E-state index in [1.807, 2.05) is 7.05 Å². The Balaban J connectivity index is 2.00. The van der Waals surface area contributed by atoms with Gasteiger partial charge in [0.05, 0.1) is 18.5 Å². The summed E-state index contributed by atoms with van der Waals surface area (Å²) in [6.07, 6.45) is 1.52. The molecular weight excluding hydrogens is 228 g/mol. The maximum atomic E-state index is 12.3. The average molecular weight is 248 g/mol. The van der Waals surface area contributed by atoms with Crippen LogP contribution in [0.3, 0.4) is 0 Å². The number of morpholine rings is 1. The van der Waals surface area contributed by atoms with E-state index in [4.69, 9.17) is 4.74 Å². The average Bonchev–Trinajstić information content (AvgIpc) is 2.31. The number of nitrogens with zero attached hydrogens (tertiary/aromatic N) is 2. The van der Waals surface area contributed by atoms with Crippen LogP contribution in [0, 0.1) is 0 Å². The van der Waals surface area contributed by atoms with E-state index < -0.39 is 10.0 Å². The number of ether oxygens (including phenoxy) is 1. The highest BCUT2D eigenvalue weighted by Gasteiger charge is 2.34. The summed E-state index contributed by atoms with van der Waals surface area (Å²) in [6.45, 7) is 3.88. The van der Waals surface area contributed by atoms with Crippen LogP contribution in [-0.4, -0.2) is 69.3 Å². The molecule has 0 amide bonds. The van der Waals surface area contributed by atoms with Gasteiger partial charge in [-0.1, -0.05) is 0 Å². The van der Waals surface area contributed by atoms with Crippen molar-refractivity contribution in [1.29, 1.82) is 0 Å². The molecular formula is C10H20N2O3S. The van der Waals surface area contributed by atoms with Crippen molar-refractivity contribution in [3.05, 3.63) is 0 Å². The number of likely N-dealkylation sites (tertiary alicyclic amines) is 1. The molecule has 0 atom stereocenters. The van der Waals surface area contributed by atoms with Crippen molar-refractivity contribution in [1.82, 2.24) is 9.21 Å². The van der Waals surface area contributed by atoms with Gasteiger partial charge >= 0.3 is 0 Å². The number of rotatable bonds is 2. The van der Waals surface area contributed by atoms with Crippen molar-refractivity contribution in [2.75, 3.05) is 46.4 Å². The largest absolute Gasteiger partial charge is 0.379 e. The molecule has 2 fully saturated rings. The number of hydrogen-bond acceptors (Lipinski definition) is 4. The zero-order valence-electron chi connectivity index (χ0n) is 9.76. The molecule has 0 aliphatic carbocycles. The molecule has 0 N–H and O–H groups in total. The quantitative estimate of drug-likeness (QED) is 0.676. The Labute approximate surface area is 97.4 Å². The van der Waals surface area contributed by atoms with E-state index in [1.54, 1.807) is 4.31 Å².